The van der Waals surface area contributed by atoms with E-state index in [1.54, 1.807) is 0 Å². The summed E-state index contributed by atoms with van der Waals surface area (Å²) in [5, 5.41) is 11.1. The minimum atomic E-state index is -1.03. The van der Waals surface area contributed by atoms with Gasteiger partial charge in [-0.25, -0.2) is 0 Å². The average Bonchev–Trinajstić information content (AvgIpc) is 2.29. The number of rotatable bonds is 5. The fraction of sp³-hybridized carbons (Fsp3) is 0.429. The molecule has 0 spiro atoms. The van der Waals surface area contributed by atoms with Crippen molar-refractivity contribution < 1.29 is 14.7 Å². The number of hydrogen-bond donors (Lipinski definition) is 2. The maximum atomic E-state index is 11.6. The summed E-state index contributed by atoms with van der Waals surface area (Å²) in [6, 6.07) is 6.94. The second-order valence-electron chi connectivity index (χ2n) is 4.70. The molecule has 0 fully saturated rings. The molecule has 1 aromatic rings. The molecule has 0 bridgehead atoms. The van der Waals surface area contributed by atoms with Crippen molar-refractivity contribution in [3.63, 3.8) is 0 Å². The molecule has 0 saturated heterocycles. The Hall–Kier alpha value is -1.84. The molecule has 1 aromatic carbocycles. The van der Waals surface area contributed by atoms with E-state index in [2.05, 4.69) is 19.2 Å². The fourth-order valence-electron chi connectivity index (χ4n) is 1.56. The van der Waals surface area contributed by atoms with Gasteiger partial charge in [-0.1, -0.05) is 38.1 Å². The SMILES string of the molecule is CC(NC(=O)Cc1ccc(C(C)C)cc1)C(=O)O. The zero-order valence-electron chi connectivity index (χ0n) is 10.9. The summed E-state index contributed by atoms with van der Waals surface area (Å²) in [5.41, 5.74) is 2.10. The highest BCUT2D eigenvalue weighted by Gasteiger charge is 2.13. The van der Waals surface area contributed by atoms with Crippen LogP contribution in [0.4, 0.5) is 0 Å². The third-order valence-electron chi connectivity index (χ3n) is 2.76. The molecule has 0 aromatic heterocycles. The molecule has 0 aliphatic carbocycles. The molecule has 0 saturated carbocycles. The molecule has 1 rings (SSSR count). The summed E-state index contributed by atoms with van der Waals surface area (Å²) >= 11 is 0. The molecule has 0 heterocycles. The summed E-state index contributed by atoms with van der Waals surface area (Å²) in [6.07, 6.45) is 0.204. The van der Waals surface area contributed by atoms with Gasteiger partial charge in [0.05, 0.1) is 6.42 Å². The molecule has 0 aliphatic rings. The predicted octanol–water partition coefficient (Wildman–Crippen LogP) is 1.94. The van der Waals surface area contributed by atoms with Crippen LogP contribution in [0.3, 0.4) is 0 Å². The number of carboxylic acids is 1. The first-order chi connectivity index (χ1) is 8.40. The second kappa shape index (κ2) is 6.19. The second-order valence-corrected chi connectivity index (χ2v) is 4.70. The van der Waals surface area contributed by atoms with Gasteiger partial charge in [0.25, 0.3) is 0 Å². The van der Waals surface area contributed by atoms with Gasteiger partial charge < -0.3 is 10.4 Å². The Bertz CT molecular complexity index is 423. The molecule has 1 amide bonds. The van der Waals surface area contributed by atoms with E-state index < -0.39 is 12.0 Å². The van der Waals surface area contributed by atoms with Gasteiger partial charge in [-0.15, -0.1) is 0 Å². The van der Waals surface area contributed by atoms with Gasteiger partial charge in [0, 0.05) is 0 Å². The first-order valence-corrected chi connectivity index (χ1v) is 6.01. The molecular weight excluding hydrogens is 230 g/mol. The summed E-state index contributed by atoms with van der Waals surface area (Å²) < 4.78 is 0. The molecule has 98 valence electrons. The lowest BCUT2D eigenvalue weighted by atomic mass is 10.0. The zero-order chi connectivity index (χ0) is 13.7. The van der Waals surface area contributed by atoms with Crippen LogP contribution in [0.1, 0.15) is 37.8 Å². The number of aliphatic carboxylic acids is 1. The van der Waals surface area contributed by atoms with Crippen molar-refractivity contribution in [2.45, 2.75) is 39.2 Å². The van der Waals surface area contributed by atoms with E-state index >= 15 is 0 Å². The van der Waals surface area contributed by atoms with E-state index in [4.69, 9.17) is 5.11 Å². The number of amides is 1. The van der Waals surface area contributed by atoms with Gasteiger partial charge in [-0.05, 0) is 24.0 Å². The van der Waals surface area contributed by atoms with Crippen molar-refractivity contribution >= 4 is 11.9 Å². The number of carboxylic acid groups (broad SMARTS) is 1. The van der Waals surface area contributed by atoms with Crippen LogP contribution in [0.25, 0.3) is 0 Å². The fourth-order valence-corrected chi connectivity index (χ4v) is 1.56. The summed E-state index contributed by atoms with van der Waals surface area (Å²) in [6.45, 7) is 5.66. The van der Waals surface area contributed by atoms with Crippen LogP contribution in [0, 0.1) is 0 Å². The highest BCUT2D eigenvalue weighted by molar-refractivity contribution is 5.84. The summed E-state index contributed by atoms with van der Waals surface area (Å²) in [7, 11) is 0. The van der Waals surface area contributed by atoms with Crippen LogP contribution < -0.4 is 5.32 Å². The zero-order valence-corrected chi connectivity index (χ0v) is 10.9. The van der Waals surface area contributed by atoms with Gasteiger partial charge in [-0.2, -0.15) is 0 Å². The van der Waals surface area contributed by atoms with E-state index in [1.807, 2.05) is 24.3 Å². The highest BCUT2D eigenvalue weighted by atomic mass is 16.4. The van der Waals surface area contributed by atoms with Crippen molar-refractivity contribution in [3.05, 3.63) is 35.4 Å². The maximum Gasteiger partial charge on any atom is 0.325 e. The first-order valence-electron chi connectivity index (χ1n) is 6.01. The van der Waals surface area contributed by atoms with Crippen LogP contribution in [-0.2, 0) is 16.0 Å². The first kappa shape index (κ1) is 14.2. The standard InChI is InChI=1S/C14H19NO3/c1-9(2)12-6-4-11(5-7-12)8-13(16)15-10(3)14(17)18/h4-7,9-10H,8H2,1-3H3,(H,15,16)(H,17,18). The Morgan fingerprint density at radius 1 is 1.17 bits per heavy atom. The van der Waals surface area contributed by atoms with Gasteiger partial charge in [0.1, 0.15) is 6.04 Å². The Morgan fingerprint density at radius 2 is 1.72 bits per heavy atom. The van der Waals surface area contributed by atoms with Gasteiger partial charge in [0.2, 0.25) is 5.91 Å². The summed E-state index contributed by atoms with van der Waals surface area (Å²) in [5.74, 6) is -0.847. The molecule has 4 nitrogen and oxygen atoms in total. The van der Waals surface area contributed by atoms with Crippen molar-refractivity contribution in [2.24, 2.45) is 0 Å². The molecule has 2 N–H and O–H groups in total. The van der Waals surface area contributed by atoms with Crippen LogP contribution in [0.5, 0.6) is 0 Å². The normalized spacial score (nSPS) is 12.2. The smallest absolute Gasteiger partial charge is 0.325 e. The van der Waals surface area contributed by atoms with Crippen LogP contribution in [0.2, 0.25) is 0 Å². The lowest BCUT2D eigenvalue weighted by Crippen LogP contribution is -2.39. The Labute approximate surface area is 107 Å². The van der Waals surface area contributed by atoms with E-state index in [0.29, 0.717) is 5.92 Å². The molecular formula is C14H19NO3. The molecule has 0 aliphatic heterocycles. The lowest BCUT2D eigenvalue weighted by molar-refractivity contribution is -0.141. The molecule has 1 unspecified atom stereocenters. The van der Waals surface area contributed by atoms with Crippen molar-refractivity contribution in [2.75, 3.05) is 0 Å². The van der Waals surface area contributed by atoms with Crippen LogP contribution >= 0.6 is 0 Å². The van der Waals surface area contributed by atoms with E-state index in [0.717, 1.165) is 5.56 Å². The van der Waals surface area contributed by atoms with Crippen LogP contribution in [-0.4, -0.2) is 23.0 Å². The number of hydrogen-bond acceptors (Lipinski definition) is 2. The number of carbonyl (C=O) groups excluding carboxylic acids is 1. The third kappa shape index (κ3) is 4.20. The third-order valence-corrected chi connectivity index (χ3v) is 2.76. The van der Waals surface area contributed by atoms with E-state index in [9.17, 15) is 9.59 Å². The largest absolute Gasteiger partial charge is 0.480 e. The van der Waals surface area contributed by atoms with Crippen LogP contribution in [0.15, 0.2) is 24.3 Å². The number of benzene rings is 1. The molecule has 0 radical (unpaired) electrons. The molecule has 1 atom stereocenters. The minimum Gasteiger partial charge on any atom is -0.480 e. The van der Waals surface area contributed by atoms with Gasteiger partial charge >= 0.3 is 5.97 Å². The number of carbonyl (C=O) groups is 2. The average molecular weight is 249 g/mol. The Kier molecular flexibility index (Phi) is 4.89. The van der Waals surface area contributed by atoms with Gasteiger partial charge in [-0.3, -0.25) is 9.59 Å². The molecule has 18 heavy (non-hydrogen) atoms. The number of nitrogens with one attached hydrogen (secondary N) is 1. The quantitative estimate of drug-likeness (QED) is 0.838. The topological polar surface area (TPSA) is 66.4 Å². The van der Waals surface area contributed by atoms with Crippen molar-refractivity contribution in [1.29, 1.82) is 0 Å². The Morgan fingerprint density at radius 3 is 2.17 bits per heavy atom. The summed E-state index contributed by atoms with van der Waals surface area (Å²) in [4.78, 5) is 22.2. The monoisotopic (exact) mass is 249 g/mol. The minimum absolute atomic E-state index is 0.204. The van der Waals surface area contributed by atoms with Crippen molar-refractivity contribution in [1.82, 2.24) is 5.32 Å². The van der Waals surface area contributed by atoms with Crippen molar-refractivity contribution in [3.8, 4) is 0 Å². The highest BCUT2D eigenvalue weighted by Crippen LogP contribution is 2.14. The molecule has 4 heteroatoms. The predicted molar refractivity (Wildman–Crippen MR) is 69.5 cm³/mol. The maximum absolute atomic E-state index is 11.6. The van der Waals surface area contributed by atoms with E-state index in [-0.39, 0.29) is 12.3 Å². The van der Waals surface area contributed by atoms with E-state index in [1.165, 1.54) is 12.5 Å². The van der Waals surface area contributed by atoms with Gasteiger partial charge in [0.15, 0.2) is 0 Å². The lowest BCUT2D eigenvalue weighted by Gasteiger charge is -2.10. The Balaban J connectivity index is 2.57.